The minimum absolute atomic E-state index is 0.0299. The first-order chi connectivity index (χ1) is 9.44. The molecule has 0 atom stereocenters. The van der Waals surface area contributed by atoms with Gasteiger partial charge in [0.1, 0.15) is 5.69 Å². The number of nitrogens with two attached hydrogens (primary N) is 1. The number of nitrogens with zero attached hydrogens (tertiary/aromatic N) is 2. The molecule has 0 aliphatic rings. The molecule has 2 heterocycles. The zero-order valence-electron chi connectivity index (χ0n) is 10.8. The maximum absolute atomic E-state index is 12.2. The predicted molar refractivity (Wildman–Crippen MR) is 74.8 cm³/mol. The Morgan fingerprint density at radius 2 is 2.25 bits per heavy atom. The highest BCUT2D eigenvalue weighted by atomic mass is 32.2. The summed E-state index contributed by atoms with van der Waals surface area (Å²) in [6.45, 7) is 3.33. The summed E-state index contributed by atoms with van der Waals surface area (Å²) in [7, 11) is -3.77. The second-order valence-corrected chi connectivity index (χ2v) is 6.44. The summed E-state index contributed by atoms with van der Waals surface area (Å²) in [5, 5.41) is 3.85. The molecule has 2 aromatic rings. The fourth-order valence-electron chi connectivity index (χ4n) is 1.54. The molecule has 0 aliphatic carbocycles. The van der Waals surface area contributed by atoms with Crippen molar-refractivity contribution >= 4 is 26.5 Å². The van der Waals surface area contributed by atoms with Gasteiger partial charge < -0.3 is 10.3 Å². The van der Waals surface area contributed by atoms with Crippen LogP contribution in [0.3, 0.4) is 0 Å². The summed E-state index contributed by atoms with van der Waals surface area (Å²) in [5.74, 6) is 5.69. The lowest BCUT2D eigenvalue weighted by Gasteiger charge is -2.03. The van der Waals surface area contributed by atoms with Crippen LogP contribution in [0.1, 0.15) is 16.3 Å². The smallest absolute Gasteiger partial charge is 0.269 e. The zero-order valence-corrected chi connectivity index (χ0v) is 12.4. The molecule has 0 bridgehead atoms. The van der Waals surface area contributed by atoms with Crippen molar-refractivity contribution in [2.45, 2.75) is 18.7 Å². The SMILES string of the molecule is Cc1noc(C)c1S(=O)(=O)Nc1ncc(C#CCN)s1. The van der Waals surface area contributed by atoms with E-state index in [4.69, 9.17) is 10.3 Å². The minimum atomic E-state index is -3.77. The van der Waals surface area contributed by atoms with E-state index >= 15 is 0 Å². The first kappa shape index (κ1) is 14.5. The maximum Gasteiger partial charge on any atom is 0.269 e. The van der Waals surface area contributed by atoms with Crippen LogP contribution in [0.25, 0.3) is 0 Å². The molecule has 0 amide bonds. The van der Waals surface area contributed by atoms with E-state index in [9.17, 15) is 8.42 Å². The van der Waals surface area contributed by atoms with E-state index in [0.717, 1.165) is 11.3 Å². The summed E-state index contributed by atoms with van der Waals surface area (Å²) in [6.07, 6.45) is 1.48. The van der Waals surface area contributed by atoms with Crippen molar-refractivity contribution in [2.24, 2.45) is 5.73 Å². The van der Waals surface area contributed by atoms with Gasteiger partial charge in [0.25, 0.3) is 10.0 Å². The second-order valence-electron chi connectivity index (χ2n) is 3.79. The number of rotatable bonds is 3. The Labute approximate surface area is 120 Å². The molecule has 0 aromatic carbocycles. The van der Waals surface area contributed by atoms with E-state index in [-0.39, 0.29) is 22.3 Å². The lowest BCUT2D eigenvalue weighted by molar-refractivity contribution is 0.390. The van der Waals surface area contributed by atoms with Crippen molar-refractivity contribution in [1.82, 2.24) is 10.1 Å². The monoisotopic (exact) mass is 312 g/mol. The Bertz CT molecular complexity index is 761. The third kappa shape index (κ3) is 2.98. The highest BCUT2D eigenvalue weighted by Crippen LogP contribution is 2.24. The lowest BCUT2D eigenvalue weighted by atomic mass is 10.4. The van der Waals surface area contributed by atoms with Crippen LogP contribution in [-0.4, -0.2) is 25.1 Å². The molecule has 9 heteroatoms. The third-order valence-electron chi connectivity index (χ3n) is 2.28. The van der Waals surface area contributed by atoms with Gasteiger partial charge in [-0.1, -0.05) is 28.3 Å². The van der Waals surface area contributed by atoms with Crippen LogP contribution in [0.5, 0.6) is 0 Å². The quantitative estimate of drug-likeness (QED) is 0.813. The molecular formula is C11H12N4O3S2. The highest BCUT2D eigenvalue weighted by Gasteiger charge is 2.25. The van der Waals surface area contributed by atoms with Gasteiger partial charge in [0.2, 0.25) is 0 Å². The molecule has 0 fully saturated rings. The molecule has 20 heavy (non-hydrogen) atoms. The molecule has 0 saturated carbocycles. The first-order valence-corrected chi connectivity index (χ1v) is 7.84. The fraction of sp³-hybridized carbons (Fsp3) is 0.273. The van der Waals surface area contributed by atoms with Crippen LogP contribution in [0.15, 0.2) is 15.6 Å². The number of thiazole rings is 1. The van der Waals surface area contributed by atoms with Crippen molar-refractivity contribution < 1.29 is 12.9 Å². The molecule has 3 N–H and O–H groups in total. The third-order valence-corrected chi connectivity index (χ3v) is 4.82. The van der Waals surface area contributed by atoms with Crippen molar-refractivity contribution in [3.8, 4) is 11.8 Å². The average molecular weight is 312 g/mol. The molecule has 106 valence electrons. The van der Waals surface area contributed by atoms with Crippen molar-refractivity contribution in [1.29, 1.82) is 0 Å². The minimum Gasteiger partial charge on any atom is -0.360 e. The Balaban J connectivity index is 2.27. The van der Waals surface area contributed by atoms with Gasteiger partial charge in [0, 0.05) is 0 Å². The number of aromatic nitrogens is 2. The van der Waals surface area contributed by atoms with E-state index in [1.54, 1.807) is 6.92 Å². The van der Waals surface area contributed by atoms with Gasteiger partial charge in [-0.3, -0.25) is 4.72 Å². The predicted octanol–water partition coefficient (Wildman–Crippen LogP) is 0.859. The summed E-state index contributed by atoms with van der Waals surface area (Å²) in [6, 6.07) is 0. The van der Waals surface area contributed by atoms with Gasteiger partial charge in [-0.05, 0) is 13.8 Å². The Kier molecular flexibility index (Phi) is 4.08. The van der Waals surface area contributed by atoms with Gasteiger partial charge in [0.15, 0.2) is 15.8 Å². The molecule has 7 nitrogen and oxygen atoms in total. The zero-order chi connectivity index (χ0) is 14.8. The molecule has 2 rings (SSSR count). The molecular weight excluding hydrogens is 300 g/mol. The van der Waals surface area contributed by atoms with E-state index in [2.05, 4.69) is 26.7 Å². The Morgan fingerprint density at radius 3 is 2.85 bits per heavy atom. The maximum atomic E-state index is 12.2. The molecule has 0 saturated heterocycles. The van der Waals surface area contributed by atoms with E-state index in [1.807, 2.05) is 0 Å². The standard InChI is InChI=1S/C11H12N4O3S2/c1-7-10(8(2)18-14-7)20(16,17)15-11-13-6-9(19-11)4-3-5-12/h6H,5,12H2,1-2H3,(H,13,15). The molecule has 2 aromatic heterocycles. The molecule has 0 radical (unpaired) electrons. The van der Waals surface area contributed by atoms with E-state index in [0.29, 0.717) is 10.6 Å². The van der Waals surface area contributed by atoms with Gasteiger partial charge in [0.05, 0.1) is 17.6 Å². The second kappa shape index (κ2) is 5.62. The van der Waals surface area contributed by atoms with Gasteiger partial charge >= 0.3 is 0 Å². The molecule has 0 unspecified atom stereocenters. The highest BCUT2D eigenvalue weighted by molar-refractivity contribution is 7.93. The number of hydrogen-bond acceptors (Lipinski definition) is 7. The average Bonchev–Trinajstić information content (AvgIpc) is 2.93. The van der Waals surface area contributed by atoms with Crippen LogP contribution < -0.4 is 10.5 Å². The number of anilines is 1. The number of aryl methyl sites for hydroxylation is 2. The van der Waals surface area contributed by atoms with Crippen molar-refractivity contribution in [2.75, 3.05) is 11.3 Å². The van der Waals surface area contributed by atoms with Crippen LogP contribution in [0, 0.1) is 25.7 Å². The summed E-state index contributed by atoms with van der Waals surface area (Å²) in [4.78, 5) is 4.62. The van der Waals surface area contributed by atoms with Gasteiger partial charge in [-0.25, -0.2) is 13.4 Å². The van der Waals surface area contributed by atoms with Crippen LogP contribution >= 0.6 is 11.3 Å². The lowest BCUT2D eigenvalue weighted by Crippen LogP contribution is -2.14. The summed E-state index contributed by atoms with van der Waals surface area (Å²) >= 11 is 1.13. The Morgan fingerprint density at radius 1 is 1.50 bits per heavy atom. The fourth-order valence-corrected chi connectivity index (χ4v) is 3.81. The number of nitrogens with one attached hydrogen (secondary N) is 1. The van der Waals surface area contributed by atoms with Crippen LogP contribution in [-0.2, 0) is 10.0 Å². The first-order valence-electron chi connectivity index (χ1n) is 5.54. The molecule has 0 aliphatic heterocycles. The van der Waals surface area contributed by atoms with Crippen LogP contribution in [0.4, 0.5) is 5.13 Å². The van der Waals surface area contributed by atoms with Crippen LogP contribution in [0.2, 0.25) is 0 Å². The normalized spacial score (nSPS) is 10.9. The molecule has 0 spiro atoms. The number of sulfonamides is 1. The van der Waals surface area contributed by atoms with Gasteiger partial charge in [-0.15, -0.1) is 0 Å². The van der Waals surface area contributed by atoms with E-state index in [1.165, 1.54) is 13.1 Å². The summed E-state index contributed by atoms with van der Waals surface area (Å²) in [5.41, 5.74) is 5.56. The van der Waals surface area contributed by atoms with E-state index < -0.39 is 10.0 Å². The Hall–Kier alpha value is -1.89. The van der Waals surface area contributed by atoms with Gasteiger partial charge in [-0.2, -0.15) is 0 Å². The van der Waals surface area contributed by atoms with Crippen molar-refractivity contribution in [3.05, 3.63) is 22.5 Å². The number of hydrogen-bond donors (Lipinski definition) is 2. The topological polar surface area (TPSA) is 111 Å². The largest absolute Gasteiger partial charge is 0.360 e. The van der Waals surface area contributed by atoms with Crippen molar-refractivity contribution in [3.63, 3.8) is 0 Å². The summed E-state index contributed by atoms with van der Waals surface area (Å²) < 4.78 is 31.7.